The molecule has 3 aromatic rings. The van der Waals surface area contributed by atoms with E-state index in [-0.39, 0.29) is 23.5 Å². The number of halogens is 1. The lowest BCUT2D eigenvalue weighted by molar-refractivity contribution is 0.0533. The molecule has 0 spiro atoms. The van der Waals surface area contributed by atoms with Gasteiger partial charge in [-0.05, 0) is 81.7 Å². The molecule has 2 aromatic carbocycles. The number of fused-ring (bicyclic) bond motifs is 1. The van der Waals surface area contributed by atoms with Gasteiger partial charge in [0.15, 0.2) is 0 Å². The molecule has 39 heavy (non-hydrogen) atoms. The van der Waals surface area contributed by atoms with Crippen molar-refractivity contribution in [1.29, 1.82) is 0 Å². The number of rotatable bonds is 9. The second-order valence-electron chi connectivity index (χ2n) is 10.3. The van der Waals surface area contributed by atoms with Gasteiger partial charge in [-0.1, -0.05) is 12.1 Å². The van der Waals surface area contributed by atoms with Crippen molar-refractivity contribution >= 4 is 33.0 Å². The maximum atomic E-state index is 14.9. The molecule has 1 amide bonds. The number of benzene rings is 2. The van der Waals surface area contributed by atoms with E-state index >= 15 is 0 Å². The van der Waals surface area contributed by atoms with Crippen LogP contribution in [0, 0.1) is 6.92 Å². The quantitative estimate of drug-likeness (QED) is 0.386. The van der Waals surface area contributed by atoms with Gasteiger partial charge in [-0.3, -0.25) is 0 Å². The van der Waals surface area contributed by atoms with Crippen LogP contribution in [0.2, 0.25) is 0 Å². The Labute approximate surface area is 227 Å². The van der Waals surface area contributed by atoms with Crippen molar-refractivity contribution in [2.24, 2.45) is 0 Å². The first-order chi connectivity index (χ1) is 18.1. The number of carbonyl (C=O) groups is 2. The van der Waals surface area contributed by atoms with Crippen LogP contribution in [0.15, 0.2) is 59.3 Å². The summed E-state index contributed by atoms with van der Waals surface area (Å²) in [5, 5.41) is 12.7. The Morgan fingerprint density at radius 3 is 2.33 bits per heavy atom. The number of carboxylic acid groups (broad SMARTS) is 1. The number of carbonyl (C=O) groups excluding carboxylic acids is 1. The summed E-state index contributed by atoms with van der Waals surface area (Å²) >= 11 is 0. The number of aromatic nitrogens is 1. The van der Waals surface area contributed by atoms with E-state index < -0.39 is 33.5 Å². The summed E-state index contributed by atoms with van der Waals surface area (Å²) in [6.07, 6.45) is 0.985. The molecule has 0 aliphatic heterocycles. The molecule has 0 unspecified atom stereocenters. The van der Waals surface area contributed by atoms with E-state index in [4.69, 9.17) is 4.74 Å². The highest BCUT2D eigenvalue weighted by molar-refractivity contribution is 7.89. The van der Waals surface area contributed by atoms with Crippen molar-refractivity contribution in [1.82, 2.24) is 14.2 Å². The minimum absolute atomic E-state index is 0.0583. The van der Waals surface area contributed by atoms with Gasteiger partial charge in [0, 0.05) is 37.2 Å². The molecule has 0 saturated carbocycles. The van der Waals surface area contributed by atoms with E-state index in [2.05, 4.69) is 5.32 Å². The van der Waals surface area contributed by atoms with Gasteiger partial charge in [0.25, 0.3) is 0 Å². The second-order valence-corrected chi connectivity index (χ2v) is 12.5. The normalized spacial score (nSPS) is 12.7. The Morgan fingerprint density at radius 1 is 1.13 bits per heavy atom. The Hall–Kier alpha value is -3.70. The van der Waals surface area contributed by atoms with Crippen LogP contribution in [0.1, 0.15) is 48.0 Å². The first-order valence-corrected chi connectivity index (χ1v) is 13.7. The molecule has 0 bridgehead atoms. The summed E-state index contributed by atoms with van der Waals surface area (Å²) in [4.78, 5) is 23.6. The summed E-state index contributed by atoms with van der Waals surface area (Å²) in [5.41, 5.74) is 2.44. The van der Waals surface area contributed by atoms with Crippen LogP contribution in [0.4, 0.5) is 9.18 Å². The van der Waals surface area contributed by atoms with E-state index in [1.54, 1.807) is 49.6 Å². The average Bonchev–Trinajstić information content (AvgIpc) is 3.08. The fraction of sp³-hybridized carbons (Fsp3) is 0.357. The van der Waals surface area contributed by atoms with Crippen molar-refractivity contribution in [3.8, 4) is 0 Å². The van der Waals surface area contributed by atoms with Gasteiger partial charge in [-0.25, -0.2) is 26.7 Å². The topological polar surface area (TPSA) is 118 Å². The molecule has 2 N–H and O–H groups in total. The zero-order valence-electron chi connectivity index (χ0n) is 22.9. The van der Waals surface area contributed by atoms with Gasteiger partial charge < -0.3 is 19.7 Å². The number of amides is 1. The van der Waals surface area contributed by atoms with E-state index in [9.17, 15) is 27.5 Å². The lowest BCUT2D eigenvalue weighted by atomic mass is 10.0. The third-order valence-electron chi connectivity index (χ3n) is 6.06. The monoisotopic (exact) mass is 559 g/mol. The number of nitrogens with zero attached hydrogens (tertiary/aromatic N) is 2. The van der Waals surface area contributed by atoms with Crippen molar-refractivity contribution in [2.75, 3.05) is 20.6 Å². The molecular weight excluding hydrogens is 525 g/mol. The smallest absolute Gasteiger partial charge is 0.407 e. The predicted molar refractivity (Wildman–Crippen MR) is 147 cm³/mol. The van der Waals surface area contributed by atoms with Crippen LogP contribution in [0.3, 0.4) is 0 Å². The largest absolute Gasteiger partial charge is 0.478 e. The SMILES string of the molecule is Cc1c(Cc2ccc(S(=O)(=O)N(C)C)cc2)c2cc(C(=O)O)ccc2n1CC(F)=CCNC(=O)OC(C)(C)C. The maximum absolute atomic E-state index is 14.9. The molecule has 9 nitrogen and oxygen atoms in total. The van der Waals surface area contributed by atoms with E-state index in [0.717, 1.165) is 21.1 Å². The highest BCUT2D eigenvalue weighted by Crippen LogP contribution is 2.30. The molecule has 0 aliphatic rings. The van der Waals surface area contributed by atoms with E-state index in [1.165, 1.54) is 38.4 Å². The fourth-order valence-electron chi connectivity index (χ4n) is 4.08. The molecule has 1 heterocycles. The number of hydrogen-bond acceptors (Lipinski definition) is 5. The van der Waals surface area contributed by atoms with Gasteiger partial charge in [0.05, 0.1) is 17.0 Å². The summed E-state index contributed by atoms with van der Waals surface area (Å²) in [7, 11) is -0.652. The summed E-state index contributed by atoms with van der Waals surface area (Å²) < 4.78 is 47.8. The molecule has 11 heteroatoms. The average molecular weight is 560 g/mol. The molecule has 3 rings (SSSR count). The van der Waals surface area contributed by atoms with Gasteiger partial charge in [0.1, 0.15) is 11.4 Å². The summed E-state index contributed by atoms with van der Waals surface area (Å²) in [6, 6.07) is 11.2. The number of allylic oxidation sites excluding steroid dienone is 1. The van der Waals surface area contributed by atoms with Gasteiger partial charge >= 0.3 is 12.1 Å². The minimum Gasteiger partial charge on any atom is -0.478 e. The third kappa shape index (κ3) is 7.24. The number of sulfonamides is 1. The molecule has 0 saturated heterocycles. The number of carboxylic acids is 1. The summed E-state index contributed by atoms with van der Waals surface area (Å²) in [5.74, 6) is -1.57. The lowest BCUT2D eigenvalue weighted by Gasteiger charge is -2.19. The van der Waals surface area contributed by atoms with Crippen LogP contribution >= 0.6 is 0 Å². The predicted octanol–water partition coefficient (Wildman–Crippen LogP) is 4.87. The van der Waals surface area contributed by atoms with Gasteiger partial charge in [-0.2, -0.15) is 0 Å². The number of nitrogens with one attached hydrogen (secondary N) is 1. The van der Waals surface area contributed by atoms with Crippen molar-refractivity contribution in [3.63, 3.8) is 0 Å². The lowest BCUT2D eigenvalue weighted by Crippen LogP contribution is -2.32. The molecule has 0 fully saturated rings. The van der Waals surface area contributed by atoms with E-state index in [0.29, 0.717) is 17.3 Å². The number of ether oxygens (including phenoxy) is 1. The minimum atomic E-state index is -3.57. The second kappa shape index (κ2) is 11.6. The van der Waals surface area contributed by atoms with Crippen LogP contribution in [0.25, 0.3) is 10.9 Å². The molecule has 0 atom stereocenters. The Morgan fingerprint density at radius 2 is 1.77 bits per heavy atom. The fourth-order valence-corrected chi connectivity index (χ4v) is 4.98. The molecule has 0 radical (unpaired) electrons. The Balaban J connectivity index is 1.92. The van der Waals surface area contributed by atoms with Crippen LogP contribution in [-0.2, 0) is 27.7 Å². The molecule has 0 aliphatic carbocycles. The highest BCUT2D eigenvalue weighted by Gasteiger charge is 2.20. The van der Waals surface area contributed by atoms with E-state index in [1.807, 2.05) is 6.92 Å². The van der Waals surface area contributed by atoms with Crippen molar-refractivity contribution in [2.45, 2.75) is 51.2 Å². The zero-order chi connectivity index (χ0) is 29.1. The zero-order valence-corrected chi connectivity index (χ0v) is 23.7. The molecular formula is C28H34FN3O6S. The van der Waals surface area contributed by atoms with Crippen LogP contribution in [-0.4, -0.2) is 60.7 Å². The third-order valence-corrected chi connectivity index (χ3v) is 7.89. The van der Waals surface area contributed by atoms with Crippen molar-refractivity contribution < 1.29 is 32.2 Å². The number of alkyl carbamates (subject to hydrolysis) is 1. The van der Waals surface area contributed by atoms with Crippen LogP contribution < -0.4 is 5.32 Å². The number of hydrogen-bond donors (Lipinski definition) is 2. The van der Waals surface area contributed by atoms with Gasteiger partial charge in [0.2, 0.25) is 10.0 Å². The first-order valence-electron chi connectivity index (χ1n) is 12.3. The number of aromatic carboxylic acids is 1. The molecule has 210 valence electrons. The van der Waals surface area contributed by atoms with Gasteiger partial charge in [-0.15, -0.1) is 0 Å². The van der Waals surface area contributed by atoms with Crippen molar-refractivity contribution in [3.05, 3.63) is 76.8 Å². The summed E-state index contributed by atoms with van der Waals surface area (Å²) in [6.45, 7) is 6.85. The highest BCUT2D eigenvalue weighted by atomic mass is 32.2. The Bertz CT molecular complexity index is 1520. The first kappa shape index (κ1) is 29.9. The maximum Gasteiger partial charge on any atom is 0.407 e. The Kier molecular flexibility index (Phi) is 8.87. The molecule has 1 aromatic heterocycles. The standard InChI is InChI=1S/C28H34FN3O6S/c1-18-23(15-19-7-10-22(11-8-19)39(36,37)31(5)6)24-16-20(26(33)34)9-12-25(24)32(18)17-21(29)13-14-30-27(35)38-28(2,3)4/h7-13,16H,14-15,17H2,1-6H3,(H,30,35)(H,33,34). The van der Waals surface area contributed by atoms with Crippen LogP contribution in [0.5, 0.6) is 0 Å².